The zero-order valence-electron chi connectivity index (χ0n) is 14.6. The van der Waals surface area contributed by atoms with Gasteiger partial charge >= 0.3 is 0 Å². The van der Waals surface area contributed by atoms with Gasteiger partial charge in [-0.1, -0.05) is 15.9 Å². The summed E-state index contributed by atoms with van der Waals surface area (Å²) in [6.07, 6.45) is 0.216. The van der Waals surface area contributed by atoms with Gasteiger partial charge in [-0.25, -0.2) is 0 Å². The number of methoxy groups -OCH3 is 2. The van der Waals surface area contributed by atoms with E-state index in [4.69, 9.17) is 15.2 Å². The summed E-state index contributed by atoms with van der Waals surface area (Å²) in [6, 6.07) is 12.6. The summed E-state index contributed by atoms with van der Waals surface area (Å²) in [5, 5.41) is 5.75. The third kappa shape index (κ3) is 5.96. The fourth-order valence-electron chi connectivity index (χ4n) is 2.12. The molecule has 0 atom stereocenters. The normalized spacial score (nSPS) is 11.0. The van der Waals surface area contributed by atoms with Crippen LogP contribution in [0.5, 0.6) is 11.5 Å². The van der Waals surface area contributed by atoms with Crippen LogP contribution in [0.2, 0.25) is 0 Å². The molecule has 8 heteroatoms. The van der Waals surface area contributed by atoms with Crippen LogP contribution < -0.4 is 25.8 Å². The number of nitrogens with two attached hydrogens (primary N) is 1. The molecule has 0 aliphatic rings. The van der Waals surface area contributed by atoms with Crippen LogP contribution in [0.25, 0.3) is 0 Å². The van der Waals surface area contributed by atoms with E-state index in [1.165, 1.54) is 0 Å². The van der Waals surface area contributed by atoms with E-state index >= 15 is 0 Å². The molecule has 0 aliphatic carbocycles. The van der Waals surface area contributed by atoms with Crippen molar-refractivity contribution >= 4 is 39.2 Å². The molecule has 0 saturated heterocycles. The number of guanidine groups is 1. The highest BCUT2D eigenvalue weighted by molar-refractivity contribution is 9.10. The fraction of sp³-hybridized carbons (Fsp3) is 0.222. The molecule has 2 rings (SSSR count). The lowest BCUT2D eigenvalue weighted by Crippen LogP contribution is -2.24. The molecular weight excluding hydrogens is 400 g/mol. The molecule has 0 spiro atoms. The summed E-state index contributed by atoms with van der Waals surface area (Å²) in [5.74, 6) is 1.32. The molecule has 0 unspecified atom stereocenters. The van der Waals surface area contributed by atoms with Gasteiger partial charge < -0.3 is 25.8 Å². The monoisotopic (exact) mass is 420 g/mol. The van der Waals surface area contributed by atoms with Gasteiger partial charge in [-0.15, -0.1) is 0 Å². The number of hydrogen-bond acceptors (Lipinski definition) is 4. The zero-order chi connectivity index (χ0) is 18.9. The Kier molecular flexibility index (Phi) is 7.28. The molecule has 4 N–H and O–H groups in total. The maximum Gasteiger partial charge on any atom is 0.226 e. The van der Waals surface area contributed by atoms with Crippen LogP contribution in [0.4, 0.5) is 11.4 Å². The molecular formula is C18H21BrN4O3. The summed E-state index contributed by atoms with van der Waals surface area (Å²) >= 11 is 3.35. The third-order valence-corrected chi connectivity index (χ3v) is 3.95. The number of halogens is 1. The smallest absolute Gasteiger partial charge is 0.226 e. The van der Waals surface area contributed by atoms with Crippen LogP contribution in [-0.4, -0.2) is 32.6 Å². The Bertz CT molecular complexity index is 779. The van der Waals surface area contributed by atoms with Crippen molar-refractivity contribution in [2.24, 2.45) is 10.7 Å². The van der Waals surface area contributed by atoms with E-state index in [9.17, 15) is 4.79 Å². The number of benzene rings is 2. The molecule has 0 aliphatic heterocycles. The number of aliphatic imine (C=N–C) groups is 1. The first kappa shape index (κ1) is 19.6. The molecule has 0 radical (unpaired) electrons. The van der Waals surface area contributed by atoms with Gasteiger partial charge in [-0.3, -0.25) is 9.79 Å². The number of carbonyl (C=O) groups is 1. The van der Waals surface area contributed by atoms with Crippen LogP contribution in [0.1, 0.15) is 6.42 Å². The second kappa shape index (κ2) is 9.67. The molecule has 7 nitrogen and oxygen atoms in total. The van der Waals surface area contributed by atoms with Gasteiger partial charge in [0.15, 0.2) is 5.96 Å². The number of carbonyl (C=O) groups excluding carboxylic acids is 1. The summed E-state index contributed by atoms with van der Waals surface area (Å²) in [7, 11) is 3.14. The first-order valence-electron chi connectivity index (χ1n) is 7.86. The van der Waals surface area contributed by atoms with Gasteiger partial charge in [0.2, 0.25) is 5.91 Å². The number of hydrogen-bond donors (Lipinski definition) is 3. The summed E-state index contributed by atoms with van der Waals surface area (Å²) < 4.78 is 11.4. The lowest BCUT2D eigenvalue weighted by Gasteiger charge is -2.12. The Morgan fingerprint density at radius 1 is 1.12 bits per heavy atom. The molecule has 2 aromatic rings. The lowest BCUT2D eigenvalue weighted by atomic mass is 10.2. The number of nitrogens with one attached hydrogen (secondary N) is 2. The highest BCUT2D eigenvalue weighted by Gasteiger charge is 2.07. The molecule has 0 aromatic heterocycles. The van der Waals surface area contributed by atoms with Gasteiger partial charge in [0.25, 0.3) is 0 Å². The van der Waals surface area contributed by atoms with Crippen molar-refractivity contribution in [1.82, 2.24) is 0 Å². The average molecular weight is 421 g/mol. The predicted octanol–water partition coefficient (Wildman–Crippen LogP) is 3.22. The molecule has 138 valence electrons. The maximum absolute atomic E-state index is 11.9. The van der Waals surface area contributed by atoms with Crippen molar-refractivity contribution in [3.8, 4) is 11.5 Å². The van der Waals surface area contributed by atoms with Crippen LogP contribution in [0, 0.1) is 0 Å². The molecule has 0 heterocycles. The lowest BCUT2D eigenvalue weighted by molar-refractivity contribution is -0.116. The fourth-order valence-corrected chi connectivity index (χ4v) is 2.39. The third-order valence-electron chi connectivity index (χ3n) is 3.42. The SMILES string of the molecule is COc1ccc(OC)c(NC(N)=NCCC(=O)Nc2ccc(Br)cc2)c1. The minimum atomic E-state index is -0.136. The first-order chi connectivity index (χ1) is 12.5. The molecule has 0 fully saturated rings. The van der Waals surface area contributed by atoms with Crippen LogP contribution in [0.15, 0.2) is 51.9 Å². The highest BCUT2D eigenvalue weighted by Crippen LogP contribution is 2.28. The van der Waals surface area contributed by atoms with E-state index in [0.29, 0.717) is 17.2 Å². The van der Waals surface area contributed by atoms with Gasteiger partial charge in [0.1, 0.15) is 11.5 Å². The van der Waals surface area contributed by atoms with Crippen LogP contribution >= 0.6 is 15.9 Å². The number of rotatable bonds is 7. The Balaban J connectivity index is 1.88. The Morgan fingerprint density at radius 2 is 1.85 bits per heavy atom. The van der Waals surface area contributed by atoms with Crippen molar-refractivity contribution in [1.29, 1.82) is 0 Å². The quantitative estimate of drug-likeness (QED) is 0.471. The van der Waals surface area contributed by atoms with Gasteiger partial charge in [-0.05, 0) is 36.4 Å². The second-order valence-electron chi connectivity index (χ2n) is 5.26. The van der Waals surface area contributed by atoms with Gasteiger partial charge in [-0.2, -0.15) is 0 Å². The van der Waals surface area contributed by atoms with E-state index in [-0.39, 0.29) is 24.8 Å². The number of anilines is 2. The first-order valence-corrected chi connectivity index (χ1v) is 8.65. The number of ether oxygens (including phenoxy) is 2. The minimum absolute atomic E-state index is 0.136. The van der Waals surface area contributed by atoms with Gasteiger partial charge in [0.05, 0.1) is 26.5 Å². The number of amides is 1. The predicted molar refractivity (Wildman–Crippen MR) is 107 cm³/mol. The topological polar surface area (TPSA) is 98.0 Å². The Hall–Kier alpha value is -2.74. The highest BCUT2D eigenvalue weighted by atomic mass is 79.9. The van der Waals surface area contributed by atoms with E-state index in [1.54, 1.807) is 32.4 Å². The number of nitrogens with zero attached hydrogens (tertiary/aromatic N) is 1. The standard InChI is InChI=1S/C18H21BrN4O3/c1-25-14-7-8-16(26-2)15(11-14)23-18(20)21-10-9-17(24)22-13-5-3-12(19)4-6-13/h3-8,11H,9-10H2,1-2H3,(H,22,24)(H3,20,21,23). The Labute approximate surface area is 160 Å². The largest absolute Gasteiger partial charge is 0.497 e. The van der Waals surface area contributed by atoms with Crippen LogP contribution in [-0.2, 0) is 4.79 Å². The zero-order valence-corrected chi connectivity index (χ0v) is 16.2. The van der Waals surface area contributed by atoms with Crippen molar-refractivity contribution in [2.75, 3.05) is 31.4 Å². The van der Waals surface area contributed by atoms with E-state index in [0.717, 1.165) is 10.2 Å². The average Bonchev–Trinajstić information content (AvgIpc) is 2.63. The molecule has 0 bridgehead atoms. The molecule has 2 aromatic carbocycles. The second-order valence-corrected chi connectivity index (χ2v) is 6.18. The van der Waals surface area contributed by atoms with E-state index in [1.807, 2.05) is 24.3 Å². The Morgan fingerprint density at radius 3 is 2.50 bits per heavy atom. The maximum atomic E-state index is 11.9. The molecule has 1 amide bonds. The summed E-state index contributed by atoms with van der Waals surface area (Å²) in [5.41, 5.74) is 7.24. The summed E-state index contributed by atoms with van der Waals surface area (Å²) in [6.45, 7) is 0.257. The van der Waals surface area contributed by atoms with Crippen molar-refractivity contribution in [3.63, 3.8) is 0 Å². The molecule has 26 heavy (non-hydrogen) atoms. The van der Waals surface area contributed by atoms with E-state index in [2.05, 4.69) is 31.6 Å². The summed E-state index contributed by atoms with van der Waals surface area (Å²) in [4.78, 5) is 16.1. The van der Waals surface area contributed by atoms with E-state index < -0.39 is 0 Å². The minimum Gasteiger partial charge on any atom is -0.497 e. The molecule has 0 saturated carbocycles. The van der Waals surface area contributed by atoms with Crippen LogP contribution in [0.3, 0.4) is 0 Å². The van der Waals surface area contributed by atoms with Crippen molar-refractivity contribution in [3.05, 3.63) is 46.9 Å². The van der Waals surface area contributed by atoms with Gasteiger partial charge in [0, 0.05) is 22.6 Å². The van der Waals surface area contributed by atoms with Crippen molar-refractivity contribution < 1.29 is 14.3 Å². The van der Waals surface area contributed by atoms with Crippen molar-refractivity contribution in [2.45, 2.75) is 6.42 Å².